The molecule has 17 heavy (non-hydrogen) atoms. The number of nitrogens with zero attached hydrogens (tertiary/aromatic N) is 2. The van der Waals surface area contributed by atoms with Gasteiger partial charge in [-0.05, 0) is 24.7 Å². The molecule has 0 saturated heterocycles. The van der Waals surface area contributed by atoms with Gasteiger partial charge >= 0.3 is 0 Å². The molecule has 0 amide bonds. The molecule has 1 aromatic carbocycles. The molecule has 4 nitrogen and oxygen atoms in total. The second kappa shape index (κ2) is 5.50. The van der Waals surface area contributed by atoms with E-state index in [1.807, 2.05) is 31.7 Å². The summed E-state index contributed by atoms with van der Waals surface area (Å²) in [4.78, 5) is 4.17. The van der Waals surface area contributed by atoms with Gasteiger partial charge in [0.15, 0.2) is 0 Å². The quantitative estimate of drug-likeness (QED) is 0.850. The summed E-state index contributed by atoms with van der Waals surface area (Å²) in [6, 6.07) is 8.10. The van der Waals surface area contributed by atoms with E-state index in [2.05, 4.69) is 27.0 Å². The van der Waals surface area contributed by atoms with Gasteiger partial charge in [0.05, 0.1) is 19.1 Å². The summed E-state index contributed by atoms with van der Waals surface area (Å²) in [7, 11) is 3.61. The van der Waals surface area contributed by atoms with Crippen LogP contribution >= 0.6 is 0 Å². The summed E-state index contributed by atoms with van der Waals surface area (Å²) in [6.07, 6.45) is 3.75. The fourth-order valence-electron chi connectivity index (χ4n) is 1.75. The van der Waals surface area contributed by atoms with Crippen LogP contribution in [0.3, 0.4) is 0 Å². The maximum Gasteiger partial charge on any atom is 0.118 e. The van der Waals surface area contributed by atoms with E-state index in [4.69, 9.17) is 4.74 Å². The second-order valence-electron chi connectivity index (χ2n) is 3.89. The van der Waals surface area contributed by atoms with Crippen molar-refractivity contribution in [2.75, 3.05) is 14.2 Å². The number of ether oxygens (including phenoxy) is 1. The maximum absolute atomic E-state index is 5.14. The Balaban J connectivity index is 2.10. The van der Waals surface area contributed by atoms with Gasteiger partial charge in [0.25, 0.3) is 0 Å². The Kier molecular flexibility index (Phi) is 3.77. The van der Waals surface area contributed by atoms with Crippen molar-refractivity contribution in [1.29, 1.82) is 0 Å². The molecule has 0 aliphatic carbocycles. The van der Waals surface area contributed by atoms with E-state index in [1.165, 1.54) is 11.3 Å². The Hall–Kier alpha value is -1.81. The summed E-state index contributed by atoms with van der Waals surface area (Å²) >= 11 is 0. The number of aromatic nitrogens is 2. The molecule has 2 aromatic rings. The highest BCUT2D eigenvalue weighted by Gasteiger charge is 2.02. The third-order valence-electron chi connectivity index (χ3n) is 2.67. The zero-order valence-corrected chi connectivity index (χ0v) is 10.2. The van der Waals surface area contributed by atoms with Crippen molar-refractivity contribution in [3.05, 3.63) is 48.0 Å². The smallest absolute Gasteiger partial charge is 0.118 e. The first-order valence-corrected chi connectivity index (χ1v) is 5.60. The Morgan fingerprint density at radius 1 is 1.29 bits per heavy atom. The van der Waals surface area contributed by atoms with Gasteiger partial charge in [0, 0.05) is 19.3 Å². The van der Waals surface area contributed by atoms with Crippen molar-refractivity contribution in [2.45, 2.75) is 13.1 Å². The second-order valence-corrected chi connectivity index (χ2v) is 3.89. The lowest BCUT2D eigenvalue weighted by Gasteiger charge is -2.08. The zero-order valence-electron chi connectivity index (χ0n) is 10.2. The van der Waals surface area contributed by atoms with Crippen LogP contribution in [0, 0.1) is 0 Å². The molecule has 1 heterocycles. The number of benzene rings is 1. The normalized spacial score (nSPS) is 10.5. The topological polar surface area (TPSA) is 39.1 Å². The molecule has 1 aromatic heterocycles. The van der Waals surface area contributed by atoms with Gasteiger partial charge < -0.3 is 14.6 Å². The average Bonchev–Trinajstić information content (AvgIpc) is 2.78. The predicted octanol–water partition coefficient (Wildman–Crippen LogP) is 1.66. The molecule has 0 unspecified atom stereocenters. The van der Waals surface area contributed by atoms with Crippen LogP contribution in [0.1, 0.15) is 11.3 Å². The van der Waals surface area contributed by atoms with Crippen LogP contribution in [-0.2, 0) is 13.1 Å². The third-order valence-corrected chi connectivity index (χ3v) is 2.67. The third kappa shape index (κ3) is 2.85. The van der Waals surface area contributed by atoms with Crippen LogP contribution in [0.5, 0.6) is 5.75 Å². The Morgan fingerprint density at radius 3 is 2.71 bits per heavy atom. The summed E-state index contributed by atoms with van der Waals surface area (Å²) in [5.74, 6) is 0.884. The van der Waals surface area contributed by atoms with Gasteiger partial charge in [-0.15, -0.1) is 0 Å². The minimum Gasteiger partial charge on any atom is -0.497 e. The molecule has 1 N–H and O–H groups in total. The van der Waals surface area contributed by atoms with Crippen LogP contribution in [-0.4, -0.2) is 23.7 Å². The number of imidazole rings is 1. The molecule has 2 rings (SSSR count). The van der Waals surface area contributed by atoms with E-state index >= 15 is 0 Å². The van der Waals surface area contributed by atoms with E-state index < -0.39 is 0 Å². The average molecular weight is 231 g/mol. The number of hydrogen-bond acceptors (Lipinski definition) is 3. The Bertz CT molecular complexity index is 462. The SMILES string of the molecule is CNCc1cncn1Cc1ccc(OC)cc1. The van der Waals surface area contributed by atoms with Gasteiger partial charge in [-0.1, -0.05) is 12.1 Å². The molecule has 4 heteroatoms. The molecule has 0 aliphatic heterocycles. The molecule has 0 aliphatic rings. The molecule has 0 atom stereocenters. The van der Waals surface area contributed by atoms with Gasteiger partial charge in [-0.25, -0.2) is 4.98 Å². The van der Waals surface area contributed by atoms with E-state index in [0.717, 1.165) is 18.8 Å². The van der Waals surface area contributed by atoms with Crippen molar-refractivity contribution >= 4 is 0 Å². The Labute approximate surface area is 101 Å². The van der Waals surface area contributed by atoms with Gasteiger partial charge in [0.2, 0.25) is 0 Å². The van der Waals surface area contributed by atoms with Crippen LogP contribution in [0.4, 0.5) is 0 Å². The zero-order chi connectivity index (χ0) is 12.1. The lowest BCUT2D eigenvalue weighted by atomic mass is 10.2. The largest absolute Gasteiger partial charge is 0.497 e. The molecule has 0 spiro atoms. The number of rotatable bonds is 5. The summed E-state index contributed by atoms with van der Waals surface area (Å²) in [5.41, 5.74) is 2.42. The Morgan fingerprint density at radius 2 is 2.06 bits per heavy atom. The standard InChI is InChI=1S/C13H17N3O/c1-14-7-12-8-15-10-16(12)9-11-3-5-13(17-2)6-4-11/h3-6,8,10,14H,7,9H2,1-2H3. The van der Waals surface area contributed by atoms with Crippen LogP contribution in [0.2, 0.25) is 0 Å². The van der Waals surface area contributed by atoms with Crippen molar-refractivity contribution in [3.63, 3.8) is 0 Å². The molecule has 90 valence electrons. The van der Waals surface area contributed by atoms with Crippen molar-refractivity contribution in [2.24, 2.45) is 0 Å². The molecule has 0 saturated carbocycles. The highest BCUT2D eigenvalue weighted by molar-refractivity contribution is 5.27. The number of methoxy groups -OCH3 is 1. The van der Waals surface area contributed by atoms with Crippen molar-refractivity contribution in [1.82, 2.24) is 14.9 Å². The number of nitrogens with one attached hydrogen (secondary N) is 1. The molecule has 0 fully saturated rings. The lowest BCUT2D eigenvalue weighted by Crippen LogP contribution is -2.11. The highest BCUT2D eigenvalue weighted by atomic mass is 16.5. The minimum atomic E-state index is 0.830. The fraction of sp³-hybridized carbons (Fsp3) is 0.308. The first-order valence-electron chi connectivity index (χ1n) is 5.60. The van der Waals surface area contributed by atoms with E-state index in [9.17, 15) is 0 Å². The lowest BCUT2D eigenvalue weighted by molar-refractivity contribution is 0.414. The first kappa shape index (κ1) is 11.7. The van der Waals surface area contributed by atoms with E-state index in [0.29, 0.717) is 0 Å². The van der Waals surface area contributed by atoms with Gasteiger partial charge in [0.1, 0.15) is 5.75 Å². The van der Waals surface area contributed by atoms with Gasteiger partial charge in [-0.3, -0.25) is 0 Å². The minimum absolute atomic E-state index is 0.830. The summed E-state index contributed by atoms with van der Waals surface area (Å²) in [6.45, 7) is 1.66. The monoisotopic (exact) mass is 231 g/mol. The maximum atomic E-state index is 5.14. The molecular formula is C13H17N3O. The summed E-state index contributed by atoms with van der Waals surface area (Å²) < 4.78 is 7.27. The summed E-state index contributed by atoms with van der Waals surface area (Å²) in [5, 5.41) is 3.13. The number of hydrogen-bond donors (Lipinski definition) is 1. The molecular weight excluding hydrogens is 214 g/mol. The van der Waals surface area contributed by atoms with E-state index in [-0.39, 0.29) is 0 Å². The first-order chi connectivity index (χ1) is 8.33. The van der Waals surface area contributed by atoms with Crippen LogP contribution in [0.15, 0.2) is 36.8 Å². The highest BCUT2D eigenvalue weighted by Crippen LogP contribution is 2.13. The van der Waals surface area contributed by atoms with Crippen molar-refractivity contribution < 1.29 is 4.74 Å². The van der Waals surface area contributed by atoms with Crippen molar-refractivity contribution in [3.8, 4) is 5.75 Å². The van der Waals surface area contributed by atoms with Crippen LogP contribution < -0.4 is 10.1 Å². The van der Waals surface area contributed by atoms with Crippen LogP contribution in [0.25, 0.3) is 0 Å². The predicted molar refractivity (Wildman–Crippen MR) is 67.1 cm³/mol. The van der Waals surface area contributed by atoms with Gasteiger partial charge in [-0.2, -0.15) is 0 Å². The molecule has 0 radical (unpaired) electrons. The molecule has 0 bridgehead atoms. The fourth-order valence-corrected chi connectivity index (χ4v) is 1.75. The van der Waals surface area contributed by atoms with E-state index in [1.54, 1.807) is 7.11 Å².